The van der Waals surface area contributed by atoms with Crippen molar-refractivity contribution in [1.29, 1.82) is 0 Å². The van der Waals surface area contributed by atoms with Gasteiger partial charge in [-0.2, -0.15) is 0 Å². The van der Waals surface area contributed by atoms with Crippen LogP contribution in [0.4, 0.5) is 0 Å². The van der Waals surface area contributed by atoms with Crippen LogP contribution in [-0.2, 0) is 14.3 Å². The first-order valence-electron chi connectivity index (χ1n) is 7.16. The van der Waals surface area contributed by atoms with Gasteiger partial charge in [0.2, 0.25) is 0 Å². The number of nitrogens with two attached hydrogens (primary N) is 1. The van der Waals surface area contributed by atoms with E-state index in [9.17, 15) is 9.59 Å². The second-order valence-electron chi connectivity index (χ2n) is 6.72. The molecule has 19 heavy (non-hydrogen) atoms. The minimum atomic E-state index is -1.15. The lowest BCUT2D eigenvalue weighted by Gasteiger charge is -2.55. The van der Waals surface area contributed by atoms with Crippen LogP contribution < -0.4 is 5.73 Å². The number of ether oxygens (including phenoxy) is 1. The molecule has 1 atom stereocenters. The zero-order valence-corrected chi connectivity index (χ0v) is 11.0. The number of carboxylic acids is 1. The van der Waals surface area contributed by atoms with Gasteiger partial charge in [0.15, 0.2) is 0 Å². The summed E-state index contributed by atoms with van der Waals surface area (Å²) in [5.74, 6) is 0.505. The third kappa shape index (κ3) is 2.48. The van der Waals surface area contributed by atoms with Gasteiger partial charge < -0.3 is 15.6 Å². The topological polar surface area (TPSA) is 89.6 Å². The maximum absolute atomic E-state index is 11.9. The molecule has 106 valence electrons. The predicted molar refractivity (Wildman–Crippen MR) is 67.2 cm³/mol. The maximum atomic E-state index is 11.9. The molecule has 0 aromatic carbocycles. The second-order valence-corrected chi connectivity index (χ2v) is 6.72. The minimum Gasteiger partial charge on any atom is -0.480 e. The standard InChI is InChI=1S/C14H21NO4/c15-11(13(17)18)4-12(16)19-14-5-8-1-9(6-14)3-10(2-8)7-14/h8-11H,1-7,15H2,(H,17,18)/t8?,9?,10?,11-,14?/m0/s1. The summed E-state index contributed by atoms with van der Waals surface area (Å²) in [5.41, 5.74) is 5.08. The monoisotopic (exact) mass is 267 g/mol. The lowest BCUT2D eigenvalue weighted by atomic mass is 9.54. The van der Waals surface area contributed by atoms with E-state index >= 15 is 0 Å². The lowest BCUT2D eigenvalue weighted by Crippen LogP contribution is -2.53. The molecule has 4 aliphatic rings. The van der Waals surface area contributed by atoms with E-state index in [1.165, 1.54) is 19.3 Å². The normalized spacial score (nSPS) is 41.0. The summed E-state index contributed by atoms with van der Waals surface area (Å²) in [5, 5.41) is 8.73. The van der Waals surface area contributed by atoms with Crippen molar-refractivity contribution in [3.63, 3.8) is 0 Å². The SMILES string of the molecule is N[C@@H](CC(=O)OC12CC3CC(CC(C3)C1)C2)C(=O)O. The highest BCUT2D eigenvalue weighted by atomic mass is 16.6. The van der Waals surface area contributed by atoms with Crippen LogP contribution in [0.15, 0.2) is 0 Å². The summed E-state index contributed by atoms with van der Waals surface area (Å²) in [6, 6.07) is -1.15. The zero-order valence-electron chi connectivity index (χ0n) is 11.0. The number of aliphatic carboxylic acids is 1. The van der Waals surface area contributed by atoms with Crippen molar-refractivity contribution in [3.8, 4) is 0 Å². The predicted octanol–water partition coefficient (Wildman–Crippen LogP) is 1.30. The van der Waals surface area contributed by atoms with Gasteiger partial charge in [-0.1, -0.05) is 0 Å². The van der Waals surface area contributed by atoms with Crippen LogP contribution in [0.25, 0.3) is 0 Å². The van der Waals surface area contributed by atoms with Gasteiger partial charge in [0, 0.05) is 0 Å². The van der Waals surface area contributed by atoms with Crippen LogP contribution in [0.5, 0.6) is 0 Å². The molecule has 5 heteroatoms. The van der Waals surface area contributed by atoms with Crippen molar-refractivity contribution < 1.29 is 19.4 Å². The Kier molecular flexibility index (Phi) is 3.04. The summed E-state index contributed by atoms with van der Waals surface area (Å²) in [6.45, 7) is 0. The van der Waals surface area contributed by atoms with E-state index in [1.807, 2.05) is 0 Å². The lowest BCUT2D eigenvalue weighted by molar-refractivity contribution is -0.187. The maximum Gasteiger partial charge on any atom is 0.321 e. The van der Waals surface area contributed by atoms with Gasteiger partial charge in [0.05, 0.1) is 6.42 Å². The Morgan fingerprint density at radius 3 is 2.05 bits per heavy atom. The van der Waals surface area contributed by atoms with Crippen LogP contribution in [-0.4, -0.2) is 28.7 Å². The van der Waals surface area contributed by atoms with Crippen LogP contribution in [0.3, 0.4) is 0 Å². The summed E-state index contributed by atoms with van der Waals surface area (Å²) >= 11 is 0. The Balaban J connectivity index is 1.63. The van der Waals surface area contributed by atoms with Crippen molar-refractivity contribution in [2.75, 3.05) is 0 Å². The second kappa shape index (κ2) is 4.47. The molecule has 4 aliphatic carbocycles. The molecule has 0 amide bonds. The molecular formula is C14H21NO4. The van der Waals surface area contributed by atoms with E-state index in [4.69, 9.17) is 15.6 Å². The zero-order chi connectivity index (χ0) is 13.6. The first-order valence-corrected chi connectivity index (χ1v) is 7.16. The molecule has 0 radical (unpaired) electrons. The summed E-state index contributed by atoms with van der Waals surface area (Å²) in [6.07, 6.45) is 6.52. The Morgan fingerprint density at radius 1 is 1.16 bits per heavy atom. The fraction of sp³-hybridized carbons (Fsp3) is 0.857. The van der Waals surface area contributed by atoms with Crippen molar-refractivity contribution >= 4 is 11.9 Å². The summed E-state index contributed by atoms with van der Waals surface area (Å²) in [4.78, 5) is 22.5. The van der Waals surface area contributed by atoms with Crippen molar-refractivity contribution in [2.24, 2.45) is 23.5 Å². The molecule has 0 spiro atoms. The molecule has 4 bridgehead atoms. The molecule has 0 aromatic heterocycles. The Hall–Kier alpha value is -1.10. The van der Waals surface area contributed by atoms with Gasteiger partial charge in [-0.05, 0) is 56.3 Å². The molecule has 0 saturated heterocycles. The molecule has 0 aromatic rings. The first-order chi connectivity index (χ1) is 8.96. The van der Waals surface area contributed by atoms with E-state index < -0.39 is 18.0 Å². The van der Waals surface area contributed by atoms with Gasteiger partial charge in [-0.25, -0.2) is 0 Å². The molecule has 4 fully saturated rings. The van der Waals surface area contributed by atoms with E-state index in [2.05, 4.69) is 0 Å². The van der Waals surface area contributed by atoms with Crippen molar-refractivity contribution in [2.45, 2.75) is 56.6 Å². The molecule has 0 aliphatic heterocycles. The molecule has 0 heterocycles. The third-order valence-corrected chi connectivity index (χ3v) is 5.02. The average Bonchev–Trinajstić information content (AvgIpc) is 2.25. The van der Waals surface area contributed by atoms with Gasteiger partial charge in [-0.3, -0.25) is 9.59 Å². The fourth-order valence-electron chi connectivity index (χ4n) is 4.71. The van der Waals surface area contributed by atoms with Gasteiger partial charge >= 0.3 is 11.9 Å². The van der Waals surface area contributed by atoms with Crippen molar-refractivity contribution in [3.05, 3.63) is 0 Å². The molecule has 4 saturated carbocycles. The average molecular weight is 267 g/mol. The summed E-state index contributed by atoms with van der Waals surface area (Å²) in [7, 11) is 0. The highest BCUT2D eigenvalue weighted by Gasteiger charge is 2.53. The molecule has 0 unspecified atom stereocenters. The highest BCUT2D eigenvalue weighted by Crippen LogP contribution is 2.57. The van der Waals surface area contributed by atoms with Crippen molar-refractivity contribution in [1.82, 2.24) is 0 Å². The number of esters is 1. The number of carbonyl (C=O) groups excluding carboxylic acids is 1. The number of hydrogen-bond acceptors (Lipinski definition) is 4. The fourth-order valence-corrected chi connectivity index (χ4v) is 4.71. The Labute approximate surface area is 112 Å². The molecular weight excluding hydrogens is 246 g/mol. The molecule has 3 N–H and O–H groups in total. The minimum absolute atomic E-state index is 0.225. The number of hydrogen-bond donors (Lipinski definition) is 2. The number of carboxylic acid groups (broad SMARTS) is 1. The van der Waals surface area contributed by atoms with E-state index in [1.54, 1.807) is 0 Å². The van der Waals surface area contributed by atoms with E-state index in [0.717, 1.165) is 19.3 Å². The first kappa shape index (κ1) is 12.9. The van der Waals surface area contributed by atoms with Crippen LogP contribution >= 0.6 is 0 Å². The van der Waals surface area contributed by atoms with Gasteiger partial charge in [0.1, 0.15) is 11.6 Å². The smallest absolute Gasteiger partial charge is 0.321 e. The molecule has 5 nitrogen and oxygen atoms in total. The Morgan fingerprint density at radius 2 is 1.63 bits per heavy atom. The van der Waals surface area contributed by atoms with Crippen LogP contribution in [0, 0.1) is 17.8 Å². The Bertz CT molecular complexity index is 371. The highest BCUT2D eigenvalue weighted by molar-refractivity contribution is 5.81. The quantitative estimate of drug-likeness (QED) is 0.749. The van der Waals surface area contributed by atoms with E-state index in [0.29, 0.717) is 17.8 Å². The largest absolute Gasteiger partial charge is 0.480 e. The summed E-state index contributed by atoms with van der Waals surface area (Å²) < 4.78 is 5.69. The van der Waals surface area contributed by atoms with Gasteiger partial charge in [-0.15, -0.1) is 0 Å². The number of rotatable bonds is 4. The van der Waals surface area contributed by atoms with Gasteiger partial charge in [0.25, 0.3) is 0 Å². The van der Waals surface area contributed by atoms with Crippen LogP contribution in [0.2, 0.25) is 0 Å². The van der Waals surface area contributed by atoms with E-state index in [-0.39, 0.29) is 12.0 Å². The van der Waals surface area contributed by atoms with Crippen LogP contribution in [0.1, 0.15) is 44.9 Å². The third-order valence-electron chi connectivity index (χ3n) is 5.02. The molecule has 4 rings (SSSR count). The number of carbonyl (C=O) groups is 2.